The second kappa shape index (κ2) is 10.5. The zero-order valence-electron chi connectivity index (χ0n) is 18.4. The first-order valence-corrected chi connectivity index (χ1v) is 12.2. The Balaban J connectivity index is 1.55. The minimum absolute atomic E-state index is 0.0292. The molecule has 6 nitrogen and oxygen atoms in total. The van der Waals surface area contributed by atoms with Crippen molar-refractivity contribution in [3.8, 4) is 11.5 Å². The fraction of sp³-hybridized carbons (Fsp3) is 0.360. The van der Waals surface area contributed by atoms with Crippen LogP contribution in [0.4, 0.5) is 9.18 Å². The molecule has 1 N–H and O–H groups in total. The van der Waals surface area contributed by atoms with Crippen LogP contribution in [0, 0.1) is 9.39 Å². The van der Waals surface area contributed by atoms with E-state index in [1.54, 1.807) is 24.3 Å². The van der Waals surface area contributed by atoms with Crippen LogP contribution in [-0.4, -0.2) is 29.5 Å². The van der Waals surface area contributed by atoms with E-state index in [4.69, 9.17) is 9.47 Å². The Morgan fingerprint density at radius 3 is 2.55 bits per heavy atom. The number of carbonyl (C=O) groups excluding carboxylic acids is 2. The molecular weight excluding hydrogens is 538 g/mol. The zero-order valence-corrected chi connectivity index (χ0v) is 20.6. The Kier molecular flexibility index (Phi) is 7.52. The Morgan fingerprint density at radius 2 is 1.85 bits per heavy atom. The van der Waals surface area contributed by atoms with E-state index in [1.165, 1.54) is 17.0 Å². The van der Waals surface area contributed by atoms with Crippen molar-refractivity contribution in [1.29, 1.82) is 0 Å². The van der Waals surface area contributed by atoms with Crippen molar-refractivity contribution in [3.05, 3.63) is 62.6 Å². The van der Waals surface area contributed by atoms with Crippen LogP contribution in [0.3, 0.4) is 0 Å². The molecule has 174 valence electrons. The maximum atomic E-state index is 13.2. The van der Waals surface area contributed by atoms with Crippen LogP contribution < -0.4 is 14.8 Å². The second-order valence-corrected chi connectivity index (χ2v) is 9.30. The minimum atomic E-state index is -0.350. The molecule has 2 fully saturated rings. The molecule has 2 aliphatic rings. The number of halogens is 2. The van der Waals surface area contributed by atoms with Gasteiger partial charge in [0.2, 0.25) is 0 Å². The van der Waals surface area contributed by atoms with Gasteiger partial charge in [0, 0.05) is 6.04 Å². The quantitative estimate of drug-likeness (QED) is 0.269. The fourth-order valence-electron chi connectivity index (χ4n) is 4.20. The molecule has 3 amide bonds. The summed E-state index contributed by atoms with van der Waals surface area (Å²) < 4.78 is 25.7. The number of urea groups is 1. The van der Waals surface area contributed by atoms with Gasteiger partial charge in [0.1, 0.15) is 18.1 Å². The van der Waals surface area contributed by atoms with Crippen LogP contribution >= 0.6 is 22.6 Å². The Hall–Kier alpha value is -2.62. The molecule has 1 aliphatic heterocycles. The van der Waals surface area contributed by atoms with E-state index in [-0.39, 0.29) is 36.1 Å². The lowest BCUT2D eigenvalue weighted by Crippen LogP contribution is -2.41. The van der Waals surface area contributed by atoms with E-state index >= 15 is 0 Å². The predicted molar refractivity (Wildman–Crippen MR) is 131 cm³/mol. The lowest BCUT2D eigenvalue weighted by molar-refractivity contribution is -0.124. The monoisotopic (exact) mass is 564 g/mol. The average molecular weight is 564 g/mol. The normalized spacial score (nSPS) is 18.0. The van der Waals surface area contributed by atoms with Gasteiger partial charge in [0.15, 0.2) is 11.5 Å². The molecule has 1 heterocycles. The first-order chi connectivity index (χ1) is 16.0. The Labute approximate surface area is 206 Å². The third-order valence-electron chi connectivity index (χ3n) is 5.79. The molecule has 0 unspecified atom stereocenters. The van der Waals surface area contributed by atoms with Crippen molar-refractivity contribution >= 4 is 40.6 Å². The summed E-state index contributed by atoms with van der Waals surface area (Å²) in [5.74, 6) is 0.543. The van der Waals surface area contributed by atoms with Gasteiger partial charge in [0.05, 0.1) is 10.2 Å². The molecule has 0 radical (unpaired) electrons. The molecule has 2 aromatic rings. The first-order valence-electron chi connectivity index (χ1n) is 11.2. The largest absolute Gasteiger partial charge is 0.490 e. The van der Waals surface area contributed by atoms with Crippen molar-refractivity contribution in [2.45, 2.75) is 51.7 Å². The van der Waals surface area contributed by atoms with E-state index in [0.717, 1.165) is 46.8 Å². The molecule has 0 spiro atoms. The van der Waals surface area contributed by atoms with Gasteiger partial charge >= 0.3 is 6.03 Å². The molecule has 1 saturated heterocycles. The summed E-state index contributed by atoms with van der Waals surface area (Å²) >= 11 is 2.16. The predicted octanol–water partition coefficient (Wildman–Crippen LogP) is 5.63. The summed E-state index contributed by atoms with van der Waals surface area (Å²) in [4.78, 5) is 26.8. The molecule has 0 atom stereocenters. The maximum absolute atomic E-state index is 13.2. The van der Waals surface area contributed by atoms with Crippen molar-refractivity contribution in [2.24, 2.45) is 0 Å². The van der Waals surface area contributed by atoms with Gasteiger partial charge in [-0.25, -0.2) is 9.18 Å². The van der Waals surface area contributed by atoms with Gasteiger partial charge in [-0.3, -0.25) is 9.69 Å². The number of nitrogens with zero attached hydrogens (tertiary/aromatic N) is 1. The number of rotatable bonds is 7. The number of benzene rings is 2. The zero-order chi connectivity index (χ0) is 23.4. The smallest absolute Gasteiger partial charge is 0.329 e. The Morgan fingerprint density at radius 1 is 1.12 bits per heavy atom. The standard InChI is InChI=1S/C25H26FIN2O4/c1-2-32-22-14-17(12-20(27)23(22)33-15-16-8-10-18(26)11-9-16)13-21-24(30)29(25(31)28-21)19-6-4-3-5-7-19/h8-14,19H,2-7,15H2,1H3,(H,28,31)/b21-13-. The molecule has 2 aromatic carbocycles. The van der Waals surface area contributed by atoms with Crippen LogP contribution in [0.15, 0.2) is 42.1 Å². The molecule has 0 bridgehead atoms. The van der Waals surface area contributed by atoms with E-state index in [1.807, 2.05) is 13.0 Å². The molecule has 8 heteroatoms. The minimum Gasteiger partial charge on any atom is -0.490 e. The first kappa shape index (κ1) is 23.5. The highest BCUT2D eigenvalue weighted by Gasteiger charge is 2.39. The molecule has 4 rings (SSSR count). The van der Waals surface area contributed by atoms with Crippen LogP contribution in [0.1, 0.15) is 50.2 Å². The van der Waals surface area contributed by atoms with Gasteiger partial charge < -0.3 is 14.8 Å². The molecule has 1 saturated carbocycles. The maximum Gasteiger partial charge on any atom is 0.329 e. The van der Waals surface area contributed by atoms with Crippen molar-refractivity contribution in [3.63, 3.8) is 0 Å². The molecule has 1 aliphatic carbocycles. The number of hydrogen-bond donors (Lipinski definition) is 1. The molecule has 0 aromatic heterocycles. The van der Waals surface area contributed by atoms with E-state index < -0.39 is 0 Å². The number of nitrogens with one attached hydrogen (secondary N) is 1. The Bertz CT molecular complexity index is 1060. The number of carbonyl (C=O) groups is 2. The second-order valence-electron chi connectivity index (χ2n) is 8.13. The lowest BCUT2D eigenvalue weighted by Gasteiger charge is -2.28. The van der Waals surface area contributed by atoms with Crippen LogP contribution in [-0.2, 0) is 11.4 Å². The third-order valence-corrected chi connectivity index (χ3v) is 6.59. The van der Waals surface area contributed by atoms with Crippen LogP contribution in [0.2, 0.25) is 0 Å². The number of amides is 3. The number of imide groups is 1. The molecule has 33 heavy (non-hydrogen) atoms. The summed E-state index contributed by atoms with van der Waals surface area (Å²) in [5, 5.41) is 2.73. The van der Waals surface area contributed by atoms with Crippen LogP contribution in [0.5, 0.6) is 11.5 Å². The fourth-order valence-corrected chi connectivity index (χ4v) is 4.98. The lowest BCUT2D eigenvalue weighted by atomic mass is 9.94. The van der Waals surface area contributed by atoms with Gasteiger partial charge in [-0.2, -0.15) is 0 Å². The number of hydrogen-bond acceptors (Lipinski definition) is 4. The van der Waals surface area contributed by atoms with Gasteiger partial charge in [-0.1, -0.05) is 31.4 Å². The van der Waals surface area contributed by atoms with Crippen molar-refractivity contribution < 1.29 is 23.5 Å². The van der Waals surface area contributed by atoms with E-state index in [9.17, 15) is 14.0 Å². The summed E-state index contributed by atoms with van der Waals surface area (Å²) in [5.41, 5.74) is 1.83. The average Bonchev–Trinajstić information content (AvgIpc) is 3.08. The summed E-state index contributed by atoms with van der Waals surface area (Å²) in [6.07, 6.45) is 6.62. The summed E-state index contributed by atoms with van der Waals surface area (Å²) in [6.45, 7) is 2.58. The SMILES string of the molecule is CCOc1cc(/C=C2\NC(=O)N(C3CCCCC3)C2=O)cc(I)c1OCc1ccc(F)cc1. The highest BCUT2D eigenvalue weighted by molar-refractivity contribution is 14.1. The van der Waals surface area contributed by atoms with Gasteiger partial charge in [-0.05, 0) is 83.8 Å². The van der Waals surface area contributed by atoms with E-state index in [0.29, 0.717) is 18.1 Å². The van der Waals surface area contributed by atoms with Gasteiger partial charge in [0.25, 0.3) is 5.91 Å². The molecular formula is C25H26FIN2O4. The number of ether oxygens (including phenoxy) is 2. The van der Waals surface area contributed by atoms with Crippen molar-refractivity contribution in [1.82, 2.24) is 10.2 Å². The summed E-state index contributed by atoms with van der Waals surface area (Å²) in [7, 11) is 0. The third kappa shape index (κ3) is 5.48. The van der Waals surface area contributed by atoms with E-state index in [2.05, 4.69) is 27.9 Å². The topological polar surface area (TPSA) is 67.9 Å². The van der Waals surface area contributed by atoms with Crippen LogP contribution in [0.25, 0.3) is 6.08 Å². The van der Waals surface area contributed by atoms with Crippen molar-refractivity contribution in [2.75, 3.05) is 6.61 Å². The summed E-state index contributed by atoms with van der Waals surface area (Å²) in [6, 6.07) is 9.43. The highest BCUT2D eigenvalue weighted by Crippen LogP contribution is 2.36. The highest BCUT2D eigenvalue weighted by atomic mass is 127. The van der Waals surface area contributed by atoms with Gasteiger partial charge in [-0.15, -0.1) is 0 Å².